The SMILES string of the molecule is Cc1cc2c(cc1OCCCC(=O)Nc1ccc(-c3cc(C(=O)Nc4ccc(N5CCOCC5)nc4)n(C)c3)cc1)N=C[C@@H]1CCCN1C2=O. The number of pyridine rings is 1. The molecule has 3 aliphatic rings. The first kappa shape index (κ1) is 33.0. The van der Waals surface area contributed by atoms with Crippen LogP contribution in [0, 0.1) is 6.92 Å². The van der Waals surface area contributed by atoms with E-state index in [1.54, 1.807) is 10.8 Å². The highest BCUT2D eigenvalue weighted by Crippen LogP contribution is 2.34. The van der Waals surface area contributed by atoms with Crippen molar-refractivity contribution in [3.63, 3.8) is 0 Å². The Bertz CT molecular complexity index is 1910. The lowest BCUT2D eigenvalue weighted by atomic mass is 10.1. The Balaban J connectivity index is 0.886. The number of carbonyl (C=O) groups is 3. The molecule has 7 rings (SSSR count). The summed E-state index contributed by atoms with van der Waals surface area (Å²) in [7, 11) is 1.84. The Hall–Kier alpha value is -5.49. The van der Waals surface area contributed by atoms with Crippen LogP contribution in [0.3, 0.4) is 0 Å². The molecule has 2 saturated heterocycles. The maximum Gasteiger partial charge on any atom is 0.272 e. The van der Waals surface area contributed by atoms with Crippen LogP contribution in [-0.2, 0) is 16.6 Å². The van der Waals surface area contributed by atoms with Crippen molar-refractivity contribution in [1.82, 2.24) is 14.5 Å². The van der Waals surface area contributed by atoms with Gasteiger partial charge >= 0.3 is 0 Å². The Labute approximate surface area is 291 Å². The topological polar surface area (TPSA) is 130 Å². The number of anilines is 3. The third-order valence-corrected chi connectivity index (χ3v) is 9.36. The maximum atomic E-state index is 13.1. The molecule has 12 heteroatoms. The molecule has 5 heterocycles. The molecule has 2 aromatic heterocycles. The quantitative estimate of drug-likeness (QED) is 0.209. The summed E-state index contributed by atoms with van der Waals surface area (Å²) in [5.74, 6) is 1.22. The second-order valence-electron chi connectivity index (χ2n) is 12.9. The number of aryl methyl sites for hydroxylation is 2. The van der Waals surface area contributed by atoms with Crippen LogP contribution in [0.5, 0.6) is 5.75 Å². The van der Waals surface area contributed by atoms with Crippen molar-refractivity contribution >= 4 is 46.8 Å². The minimum atomic E-state index is -0.228. The van der Waals surface area contributed by atoms with Crippen molar-refractivity contribution in [2.45, 2.75) is 38.6 Å². The summed E-state index contributed by atoms with van der Waals surface area (Å²) in [6.45, 7) is 6.01. The molecule has 4 aromatic rings. The van der Waals surface area contributed by atoms with Gasteiger partial charge in [-0.2, -0.15) is 0 Å². The van der Waals surface area contributed by atoms with Crippen molar-refractivity contribution < 1.29 is 23.9 Å². The zero-order valence-electron chi connectivity index (χ0n) is 28.4. The monoisotopic (exact) mass is 675 g/mol. The van der Waals surface area contributed by atoms with Gasteiger partial charge in [0.25, 0.3) is 11.8 Å². The highest BCUT2D eigenvalue weighted by Gasteiger charge is 2.32. The number of benzene rings is 2. The molecule has 0 saturated carbocycles. The second kappa shape index (κ2) is 14.6. The van der Waals surface area contributed by atoms with Crippen molar-refractivity contribution in [1.29, 1.82) is 0 Å². The number of nitrogens with zero attached hydrogens (tertiary/aromatic N) is 5. The summed E-state index contributed by atoms with van der Waals surface area (Å²) in [5.41, 5.74) is 5.74. The second-order valence-corrected chi connectivity index (χ2v) is 12.9. The number of hydrogen-bond donors (Lipinski definition) is 2. The largest absolute Gasteiger partial charge is 0.493 e. The third-order valence-electron chi connectivity index (χ3n) is 9.36. The van der Waals surface area contributed by atoms with E-state index in [1.165, 1.54) is 0 Å². The average molecular weight is 676 g/mol. The van der Waals surface area contributed by atoms with E-state index in [2.05, 4.69) is 25.5 Å². The predicted molar refractivity (Wildman–Crippen MR) is 193 cm³/mol. The number of hydrogen-bond acceptors (Lipinski definition) is 8. The molecule has 0 spiro atoms. The summed E-state index contributed by atoms with van der Waals surface area (Å²) in [6, 6.07) is 16.9. The molecule has 3 amide bonds. The molecule has 0 aliphatic carbocycles. The molecule has 50 heavy (non-hydrogen) atoms. The van der Waals surface area contributed by atoms with Gasteiger partial charge in [-0.05, 0) is 73.7 Å². The number of nitrogens with one attached hydrogen (secondary N) is 2. The highest BCUT2D eigenvalue weighted by atomic mass is 16.5. The summed E-state index contributed by atoms with van der Waals surface area (Å²) < 4.78 is 13.2. The van der Waals surface area contributed by atoms with Crippen molar-refractivity contribution in [3.05, 3.63) is 83.8 Å². The van der Waals surface area contributed by atoms with Gasteiger partial charge in [0.05, 0.1) is 49.0 Å². The van der Waals surface area contributed by atoms with Gasteiger partial charge in [0.2, 0.25) is 5.91 Å². The Morgan fingerprint density at radius 1 is 0.980 bits per heavy atom. The van der Waals surface area contributed by atoms with Gasteiger partial charge in [0.1, 0.15) is 17.3 Å². The van der Waals surface area contributed by atoms with Crippen LogP contribution in [0.4, 0.5) is 22.9 Å². The van der Waals surface area contributed by atoms with Crippen LogP contribution in [0.2, 0.25) is 0 Å². The summed E-state index contributed by atoms with van der Waals surface area (Å²) >= 11 is 0. The van der Waals surface area contributed by atoms with Crippen LogP contribution in [0.15, 0.2) is 72.0 Å². The van der Waals surface area contributed by atoms with E-state index in [-0.39, 0.29) is 23.8 Å². The fourth-order valence-corrected chi connectivity index (χ4v) is 6.60. The minimum absolute atomic E-state index is 0.0237. The smallest absolute Gasteiger partial charge is 0.272 e. The molecule has 0 unspecified atom stereocenters. The van der Waals surface area contributed by atoms with Gasteiger partial charge in [0.15, 0.2) is 0 Å². The number of aliphatic imine (C=N–C) groups is 1. The van der Waals surface area contributed by atoms with Crippen LogP contribution in [0.1, 0.15) is 52.1 Å². The van der Waals surface area contributed by atoms with Gasteiger partial charge in [-0.15, -0.1) is 0 Å². The van der Waals surface area contributed by atoms with Crippen LogP contribution in [0.25, 0.3) is 11.1 Å². The summed E-state index contributed by atoms with van der Waals surface area (Å²) in [5, 5.41) is 5.89. The maximum absolute atomic E-state index is 13.1. The van der Waals surface area contributed by atoms with Crippen molar-refractivity contribution in [2.75, 3.05) is 55.0 Å². The first-order chi connectivity index (χ1) is 24.3. The van der Waals surface area contributed by atoms with Gasteiger partial charge in [-0.25, -0.2) is 4.98 Å². The van der Waals surface area contributed by atoms with E-state index in [9.17, 15) is 14.4 Å². The average Bonchev–Trinajstić information content (AvgIpc) is 3.74. The Morgan fingerprint density at radius 2 is 1.78 bits per heavy atom. The number of fused-ring (bicyclic) bond motifs is 2. The van der Waals surface area contributed by atoms with Gasteiger partial charge in [0, 0.05) is 62.8 Å². The first-order valence-electron chi connectivity index (χ1n) is 17.1. The molecule has 0 bridgehead atoms. The number of carbonyl (C=O) groups excluding carboxylic acids is 3. The highest BCUT2D eigenvalue weighted by molar-refractivity contribution is 6.04. The lowest BCUT2D eigenvalue weighted by molar-refractivity contribution is -0.116. The van der Waals surface area contributed by atoms with Crippen LogP contribution >= 0.6 is 0 Å². The summed E-state index contributed by atoms with van der Waals surface area (Å²) in [4.78, 5) is 52.0. The van der Waals surface area contributed by atoms with Crippen molar-refractivity contribution in [3.8, 4) is 16.9 Å². The predicted octanol–water partition coefficient (Wildman–Crippen LogP) is 5.60. The van der Waals surface area contributed by atoms with E-state index in [0.717, 1.165) is 55.0 Å². The molecule has 2 N–H and O–H groups in total. The normalized spacial score (nSPS) is 16.8. The lowest BCUT2D eigenvalue weighted by Gasteiger charge is -2.27. The fraction of sp³-hybridized carbons (Fsp3) is 0.342. The molecule has 2 fully saturated rings. The van der Waals surface area contributed by atoms with Gasteiger partial charge in [-0.1, -0.05) is 12.1 Å². The Morgan fingerprint density at radius 3 is 2.56 bits per heavy atom. The number of ether oxygens (including phenoxy) is 2. The van der Waals surface area contributed by atoms with E-state index < -0.39 is 0 Å². The fourth-order valence-electron chi connectivity index (χ4n) is 6.60. The molecule has 1 atom stereocenters. The molecular weight excluding hydrogens is 634 g/mol. The Kier molecular flexibility index (Phi) is 9.61. The number of rotatable bonds is 10. The van der Waals surface area contributed by atoms with E-state index in [0.29, 0.717) is 66.7 Å². The van der Waals surface area contributed by atoms with Gasteiger partial charge in [-0.3, -0.25) is 19.4 Å². The summed E-state index contributed by atoms with van der Waals surface area (Å²) in [6.07, 6.45) is 8.21. The van der Waals surface area contributed by atoms with E-state index >= 15 is 0 Å². The third kappa shape index (κ3) is 7.25. The van der Waals surface area contributed by atoms with Crippen LogP contribution in [-0.4, -0.2) is 83.9 Å². The molecule has 12 nitrogen and oxygen atoms in total. The zero-order valence-corrected chi connectivity index (χ0v) is 28.4. The van der Waals surface area contributed by atoms with Gasteiger partial charge < -0.3 is 34.5 Å². The molecule has 0 radical (unpaired) electrons. The molecule has 3 aliphatic heterocycles. The number of aromatic nitrogens is 2. The van der Waals surface area contributed by atoms with E-state index in [1.807, 2.05) is 85.9 Å². The lowest BCUT2D eigenvalue weighted by Crippen LogP contribution is -2.36. The number of morpholine rings is 1. The van der Waals surface area contributed by atoms with Crippen LogP contribution < -0.4 is 20.3 Å². The standard InChI is InChI=1S/C38H41N7O5/c1-25-19-31-32(39-23-30-5-3-13-45(30)38(31)48)21-34(25)50-16-4-6-36(46)41-28-9-7-26(8-10-28)27-20-33(43(2)24-27)37(47)42-29-11-12-35(40-22-29)44-14-17-49-18-15-44/h7-12,19-24,30H,3-6,13-18H2,1-2H3,(H,41,46)(H,42,47)/t30-/m0/s1. The van der Waals surface area contributed by atoms with E-state index in [4.69, 9.17) is 9.47 Å². The molecule has 258 valence electrons. The zero-order chi connectivity index (χ0) is 34.6. The number of amides is 3. The molecular formula is C38H41N7O5. The minimum Gasteiger partial charge on any atom is -0.493 e. The van der Waals surface area contributed by atoms with Crippen molar-refractivity contribution in [2.24, 2.45) is 12.0 Å². The molecule has 2 aromatic carbocycles. The first-order valence-corrected chi connectivity index (χ1v) is 17.1.